The van der Waals surface area contributed by atoms with E-state index in [1.165, 1.54) is 6.20 Å². The molecule has 5 heteroatoms. The Morgan fingerprint density at radius 1 is 1.47 bits per heavy atom. The first-order chi connectivity index (χ1) is 7.20. The van der Waals surface area contributed by atoms with Crippen molar-refractivity contribution in [1.29, 1.82) is 0 Å². The summed E-state index contributed by atoms with van der Waals surface area (Å²) in [6, 6.07) is 5.57. The van der Waals surface area contributed by atoms with Gasteiger partial charge in [-0.3, -0.25) is 0 Å². The number of ether oxygens (including phenoxy) is 1. The van der Waals surface area contributed by atoms with Gasteiger partial charge in [0.1, 0.15) is 11.6 Å². The van der Waals surface area contributed by atoms with Crippen LogP contribution in [0.15, 0.2) is 28.9 Å². The Labute approximate surface area is 95.1 Å². The maximum absolute atomic E-state index is 9.13. The van der Waals surface area contributed by atoms with Crippen molar-refractivity contribution in [2.75, 3.05) is 7.11 Å². The van der Waals surface area contributed by atoms with Crippen molar-refractivity contribution < 1.29 is 9.84 Å². The quantitative estimate of drug-likeness (QED) is 0.880. The monoisotopic (exact) mass is 268 g/mol. The third-order valence-corrected chi connectivity index (χ3v) is 2.61. The molecule has 0 aliphatic carbocycles. The molecular formula is C10H9BrN2O2. The average Bonchev–Trinajstić information content (AvgIpc) is 2.65. The number of rotatable bonds is 2. The summed E-state index contributed by atoms with van der Waals surface area (Å²) in [6.45, 7) is 0. The van der Waals surface area contributed by atoms with Crippen LogP contribution in [0.25, 0.3) is 11.4 Å². The minimum Gasteiger partial charge on any atom is -0.496 e. The smallest absolute Gasteiger partial charge is 0.208 e. The summed E-state index contributed by atoms with van der Waals surface area (Å²) >= 11 is 3.38. The van der Waals surface area contributed by atoms with Crippen molar-refractivity contribution in [2.45, 2.75) is 0 Å². The maximum Gasteiger partial charge on any atom is 0.208 e. The van der Waals surface area contributed by atoms with E-state index >= 15 is 0 Å². The number of H-pyrrole nitrogens is 1. The van der Waals surface area contributed by atoms with Gasteiger partial charge in [0.15, 0.2) is 0 Å². The first-order valence-electron chi connectivity index (χ1n) is 4.28. The van der Waals surface area contributed by atoms with Gasteiger partial charge < -0.3 is 14.8 Å². The predicted octanol–water partition coefficient (Wildman–Crippen LogP) is 2.55. The maximum atomic E-state index is 9.13. The number of nitrogens with zero attached hydrogens (tertiary/aromatic N) is 1. The highest BCUT2D eigenvalue weighted by Gasteiger charge is 2.06. The van der Waals surface area contributed by atoms with Gasteiger partial charge in [-0.05, 0) is 34.1 Å². The van der Waals surface area contributed by atoms with E-state index in [-0.39, 0.29) is 5.88 Å². The van der Waals surface area contributed by atoms with Crippen LogP contribution in [-0.4, -0.2) is 22.2 Å². The van der Waals surface area contributed by atoms with Gasteiger partial charge >= 0.3 is 0 Å². The number of aromatic hydroxyl groups is 1. The molecule has 1 aromatic carbocycles. The molecule has 0 saturated carbocycles. The summed E-state index contributed by atoms with van der Waals surface area (Å²) in [5, 5.41) is 9.13. The fraction of sp³-hybridized carbons (Fsp3) is 0.100. The highest BCUT2D eigenvalue weighted by atomic mass is 79.9. The first kappa shape index (κ1) is 10.0. The van der Waals surface area contributed by atoms with Crippen LogP contribution < -0.4 is 4.74 Å². The summed E-state index contributed by atoms with van der Waals surface area (Å²) < 4.78 is 5.96. The van der Waals surface area contributed by atoms with Gasteiger partial charge in [0.25, 0.3) is 0 Å². The second-order valence-corrected chi connectivity index (χ2v) is 3.82. The molecule has 0 bridgehead atoms. The van der Waals surface area contributed by atoms with Gasteiger partial charge in [0.05, 0.1) is 17.8 Å². The first-order valence-corrected chi connectivity index (χ1v) is 5.08. The second kappa shape index (κ2) is 3.94. The molecule has 4 nitrogen and oxygen atoms in total. The molecule has 0 atom stereocenters. The Balaban J connectivity index is 2.42. The van der Waals surface area contributed by atoms with E-state index in [2.05, 4.69) is 25.9 Å². The Hall–Kier alpha value is -1.49. The third kappa shape index (κ3) is 1.97. The van der Waals surface area contributed by atoms with Crippen LogP contribution in [0.1, 0.15) is 0 Å². The summed E-state index contributed by atoms with van der Waals surface area (Å²) in [5.74, 6) is 1.43. The number of halogens is 1. The lowest BCUT2D eigenvalue weighted by Crippen LogP contribution is -1.86. The minimum atomic E-state index is 0.0527. The summed E-state index contributed by atoms with van der Waals surface area (Å²) in [5.41, 5.74) is 0.878. The van der Waals surface area contributed by atoms with Crippen molar-refractivity contribution in [3.05, 3.63) is 28.9 Å². The molecule has 0 spiro atoms. The van der Waals surface area contributed by atoms with Crippen molar-refractivity contribution in [3.63, 3.8) is 0 Å². The van der Waals surface area contributed by atoms with Crippen LogP contribution in [0.5, 0.6) is 11.6 Å². The molecule has 15 heavy (non-hydrogen) atoms. The summed E-state index contributed by atoms with van der Waals surface area (Å²) in [6.07, 6.45) is 1.37. The lowest BCUT2D eigenvalue weighted by molar-refractivity contribution is 0.412. The second-order valence-electron chi connectivity index (χ2n) is 2.97. The van der Waals surface area contributed by atoms with E-state index in [1.54, 1.807) is 7.11 Å². The number of aromatic amines is 1. The van der Waals surface area contributed by atoms with Gasteiger partial charge in [-0.25, -0.2) is 4.98 Å². The molecule has 2 N–H and O–H groups in total. The largest absolute Gasteiger partial charge is 0.496 e. The molecule has 0 fully saturated rings. The van der Waals surface area contributed by atoms with Crippen LogP contribution >= 0.6 is 15.9 Å². The molecule has 1 aromatic heterocycles. The number of nitrogens with one attached hydrogen (secondary N) is 1. The molecule has 0 aliphatic heterocycles. The zero-order chi connectivity index (χ0) is 10.8. The Kier molecular flexibility index (Phi) is 2.64. The molecule has 1 heterocycles. The molecule has 0 aliphatic rings. The fourth-order valence-corrected chi connectivity index (χ4v) is 1.81. The van der Waals surface area contributed by atoms with E-state index in [9.17, 15) is 0 Å². The molecular weight excluding hydrogens is 260 g/mol. The standard InChI is InChI=1S/C10H9BrN2O2/c1-15-8-3-2-6(4-7(8)11)10-12-5-9(14)13-10/h2-5,14H,1H3,(H,12,13). The van der Waals surface area contributed by atoms with Crippen molar-refractivity contribution >= 4 is 15.9 Å². The van der Waals surface area contributed by atoms with Gasteiger partial charge in [-0.1, -0.05) is 0 Å². The zero-order valence-corrected chi connectivity index (χ0v) is 9.58. The molecule has 0 unspecified atom stereocenters. The van der Waals surface area contributed by atoms with Crippen LogP contribution in [0, 0.1) is 0 Å². The van der Waals surface area contributed by atoms with Crippen LogP contribution in [0.3, 0.4) is 0 Å². The molecule has 0 saturated heterocycles. The van der Waals surface area contributed by atoms with Gasteiger partial charge in [-0.15, -0.1) is 0 Å². The van der Waals surface area contributed by atoms with Crippen LogP contribution in [0.4, 0.5) is 0 Å². The van der Waals surface area contributed by atoms with Gasteiger partial charge in [0.2, 0.25) is 5.88 Å². The number of hydrogen-bond donors (Lipinski definition) is 2. The number of methoxy groups -OCH3 is 1. The zero-order valence-electron chi connectivity index (χ0n) is 7.99. The predicted molar refractivity (Wildman–Crippen MR) is 59.9 cm³/mol. The Morgan fingerprint density at radius 3 is 2.80 bits per heavy atom. The molecule has 2 aromatic rings. The number of hydrogen-bond acceptors (Lipinski definition) is 3. The minimum absolute atomic E-state index is 0.0527. The topological polar surface area (TPSA) is 58.1 Å². The van der Waals surface area contributed by atoms with E-state index < -0.39 is 0 Å². The van der Waals surface area contributed by atoms with E-state index in [4.69, 9.17) is 9.84 Å². The summed E-state index contributed by atoms with van der Waals surface area (Å²) in [7, 11) is 1.61. The average molecular weight is 269 g/mol. The Bertz CT molecular complexity index is 482. The van der Waals surface area contributed by atoms with E-state index in [0.717, 1.165) is 15.8 Å². The molecule has 0 radical (unpaired) electrons. The van der Waals surface area contributed by atoms with Crippen molar-refractivity contribution in [2.24, 2.45) is 0 Å². The fourth-order valence-electron chi connectivity index (χ4n) is 1.27. The molecule has 2 rings (SSSR count). The third-order valence-electron chi connectivity index (χ3n) is 1.99. The molecule has 0 amide bonds. The van der Waals surface area contributed by atoms with E-state index in [0.29, 0.717) is 5.82 Å². The van der Waals surface area contributed by atoms with Gasteiger partial charge in [0, 0.05) is 5.56 Å². The Morgan fingerprint density at radius 2 is 2.27 bits per heavy atom. The lowest BCUT2D eigenvalue weighted by Gasteiger charge is -2.04. The van der Waals surface area contributed by atoms with E-state index in [1.807, 2.05) is 18.2 Å². The normalized spacial score (nSPS) is 10.3. The van der Waals surface area contributed by atoms with Crippen LogP contribution in [0.2, 0.25) is 0 Å². The molecule has 78 valence electrons. The highest BCUT2D eigenvalue weighted by Crippen LogP contribution is 2.29. The van der Waals surface area contributed by atoms with Crippen LogP contribution in [-0.2, 0) is 0 Å². The summed E-state index contributed by atoms with van der Waals surface area (Å²) in [4.78, 5) is 6.76. The van der Waals surface area contributed by atoms with Crippen molar-refractivity contribution in [1.82, 2.24) is 9.97 Å². The number of imidazole rings is 1. The lowest BCUT2D eigenvalue weighted by atomic mass is 10.2. The highest BCUT2D eigenvalue weighted by molar-refractivity contribution is 9.10. The van der Waals surface area contributed by atoms with Crippen molar-refractivity contribution in [3.8, 4) is 23.0 Å². The van der Waals surface area contributed by atoms with Gasteiger partial charge in [-0.2, -0.15) is 0 Å². The number of aromatic nitrogens is 2. The SMILES string of the molecule is COc1ccc(-c2ncc(O)[nH]2)cc1Br. The number of benzene rings is 1.